The van der Waals surface area contributed by atoms with Crippen LogP contribution in [0.25, 0.3) is 11.0 Å². The Morgan fingerprint density at radius 1 is 1.03 bits per heavy atom. The lowest BCUT2D eigenvalue weighted by molar-refractivity contribution is -0.135. The molecule has 186 valence electrons. The topological polar surface area (TPSA) is 145 Å². The fraction of sp³-hybridized carbons (Fsp3) is 0.385. The van der Waals surface area contributed by atoms with Crippen LogP contribution < -0.4 is 10.8 Å². The van der Waals surface area contributed by atoms with Crippen LogP contribution in [0, 0.1) is 5.92 Å². The van der Waals surface area contributed by atoms with E-state index in [-0.39, 0.29) is 18.5 Å². The van der Waals surface area contributed by atoms with E-state index in [1.54, 1.807) is 37.5 Å². The Morgan fingerprint density at radius 3 is 2.34 bits per heavy atom. The first-order chi connectivity index (χ1) is 16.7. The second-order valence-corrected chi connectivity index (χ2v) is 9.34. The van der Waals surface area contributed by atoms with Crippen LogP contribution in [0.3, 0.4) is 0 Å². The Kier molecular flexibility index (Phi) is 8.86. The molecule has 0 unspecified atom stereocenters. The molecule has 0 fully saturated rings. The standard InChI is InChI=1S/C26H32N4O5/c1-26(2,34)13-12-18(24(32)30-35)15-23(31)21(14-17-8-4-3-5-9-17)29-25(33)22-16-27-19-10-6-7-11-20(19)28-22/h3-11,16,18,21,23,31,34-35H,12-15H2,1-2H3,(H,29,33)(H,30,32)/t18-,21+,23+/m1/s1. The minimum absolute atomic E-state index is 0.0242. The van der Waals surface area contributed by atoms with Gasteiger partial charge in [-0.15, -0.1) is 0 Å². The van der Waals surface area contributed by atoms with Crippen molar-refractivity contribution in [3.05, 3.63) is 72.1 Å². The van der Waals surface area contributed by atoms with Gasteiger partial charge in [0.15, 0.2) is 0 Å². The molecule has 1 aromatic heterocycles. The molecule has 3 aromatic rings. The number of carbonyl (C=O) groups excluding carboxylic acids is 2. The second kappa shape index (κ2) is 11.8. The van der Waals surface area contributed by atoms with Crippen LogP contribution in [0.2, 0.25) is 0 Å². The van der Waals surface area contributed by atoms with Crippen molar-refractivity contribution in [2.75, 3.05) is 0 Å². The van der Waals surface area contributed by atoms with Crippen molar-refractivity contribution < 1.29 is 25.0 Å². The van der Waals surface area contributed by atoms with Crippen molar-refractivity contribution in [3.8, 4) is 0 Å². The third-order valence-electron chi connectivity index (χ3n) is 5.87. The van der Waals surface area contributed by atoms with Gasteiger partial charge in [0.05, 0.1) is 35.0 Å². The van der Waals surface area contributed by atoms with Crippen molar-refractivity contribution in [3.63, 3.8) is 0 Å². The molecule has 9 heteroatoms. The van der Waals surface area contributed by atoms with Gasteiger partial charge in [0, 0.05) is 5.92 Å². The molecule has 0 saturated carbocycles. The monoisotopic (exact) mass is 480 g/mol. The highest BCUT2D eigenvalue weighted by Gasteiger charge is 2.30. The van der Waals surface area contributed by atoms with Crippen molar-refractivity contribution in [1.82, 2.24) is 20.8 Å². The molecule has 0 aliphatic rings. The molecule has 3 rings (SSSR count). The van der Waals surface area contributed by atoms with E-state index >= 15 is 0 Å². The number of hydrogen-bond donors (Lipinski definition) is 5. The summed E-state index contributed by atoms with van der Waals surface area (Å²) in [5.41, 5.74) is 2.87. The quantitative estimate of drug-likeness (QED) is 0.209. The number of nitrogens with zero attached hydrogens (tertiary/aromatic N) is 2. The number of fused-ring (bicyclic) bond motifs is 1. The molecule has 0 saturated heterocycles. The Bertz CT molecular complexity index is 1130. The molecule has 0 spiro atoms. The zero-order valence-electron chi connectivity index (χ0n) is 19.9. The summed E-state index contributed by atoms with van der Waals surface area (Å²) < 4.78 is 0. The fourth-order valence-electron chi connectivity index (χ4n) is 3.89. The van der Waals surface area contributed by atoms with Gasteiger partial charge in [-0.25, -0.2) is 10.5 Å². The van der Waals surface area contributed by atoms with Gasteiger partial charge in [-0.2, -0.15) is 0 Å². The highest BCUT2D eigenvalue weighted by Crippen LogP contribution is 2.22. The first kappa shape index (κ1) is 26.2. The van der Waals surface area contributed by atoms with E-state index in [9.17, 15) is 25.0 Å². The largest absolute Gasteiger partial charge is 0.391 e. The molecule has 3 atom stereocenters. The summed E-state index contributed by atoms with van der Waals surface area (Å²) in [7, 11) is 0. The lowest BCUT2D eigenvalue weighted by Gasteiger charge is -2.28. The number of hydrogen-bond acceptors (Lipinski definition) is 7. The molecule has 2 aromatic carbocycles. The summed E-state index contributed by atoms with van der Waals surface area (Å²) in [4.78, 5) is 34.0. The zero-order chi connectivity index (χ0) is 25.4. The fourth-order valence-corrected chi connectivity index (χ4v) is 3.89. The first-order valence-electron chi connectivity index (χ1n) is 11.6. The Morgan fingerprint density at radius 2 is 1.69 bits per heavy atom. The summed E-state index contributed by atoms with van der Waals surface area (Å²) in [6.45, 7) is 3.25. The van der Waals surface area contributed by atoms with Gasteiger partial charge in [0.2, 0.25) is 5.91 Å². The van der Waals surface area contributed by atoms with Gasteiger partial charge >= 0.3 is 0 Å². The van der Waals surface area contributed by atoms with Crippen LogP contribution in [0.15, 0.2) is 60.8 Å². The number of aliphatic hydroxyl groups excluding tert-OH is 1. The Labute approximate surface area is 204 Å². The van der Waals surface area contributed by atoms with E-state index in [2.05, 4.69) is 15.3 Å². The summed E-state index contributed by atoms with van der Waals surface area (Å²) in [5.74, 6) is -1.92. The summed E-state index contributed by atoms with van der Waals surface area (Å²) >= 11 is 0. The third kappa shape index (κ3) is 7.81. The lowest BCUT2D eigenvalue weighted by Crippen LogP contribution is -2.47. The smallest absolute Gasteiger partial charge is 0.271 e. The molecular weight excluding hydrogens is 448 g/mol. The molecule has 9 nitrogen and oxygen atoms in total. The maximum atomic E-state index is 13.0. The number of carbonyl (C=O) groups is 2. The van der Waals surface area contributed by atoms with E-state index in [0.717, 1.165) is 5.56 Å². The van der Waals surface area contributed by atoms with Gasteiger partial charge in [-0.05, 0) is 57.2 Å². The number of nitrogens with one attached hydrogen (secondary N) is 2. The molecule has 0 aliphatic heterocycles. The zero-order valence-corrected chi connectivity index (χ0v) is 19.9. The van der Waals surface area contributed by atoms with Gasteiger partial charge in [-0.1, -0.05) is 42.5 Å². The number of aromatic nitrogens is 2. The molecule has 2 amide bonds. The van der Waals surface area contributed by atoms with E-state index in [1.165, 1.54) is 6.20 Å². The average Bonchev–Trinajstić information content (AvgIpc) is 2.85. The second-order valence-electron chi connectivity index (χ2n) is 9.34. The lowest BCUT2D eigenvalue weighted by atomic mass is 9.87. The highest BCUT2D eigenvalue weighted by molar-refractivity contribution is 5.94. The van der Waals surface area contributed by atoms with Crippen LogP contribution in [0.1, 0.15) is 49.2 Å². The predicted octanol–water partition coefficient (Wildman–Crippen LogP) is 2.39. The summed E-state index contributed by atoms with van der Waals surface area (Å²) in [5, 5.41) is 33.2. The van der Waals surface area contributed by atoms with Crippen LogP contribution in [-0.4, -0.2) is 54.9 Å². The Balaban J connectivity index is 1.80. The van der Waals surface area contributed by atoms with Crippen LogP contribution in [-0.2, 0) is 11.2 Å². The number of rotatable bonds is 11. The van der Waals surface area contributed by atoms with Crippen LogP contribution >= 0.6 is 0 Å². The molecule has 5 N–H and O–H groups in total. The number of amides is 2. The molecular formula is C26H32N4O5. The highest BCUT2D eigenvalue weighted by atomic mass is 16.5. The molecule has 35 heavy (non-hydrogen) atoms. The average molecular weight is 481 g/mol. The first-order valence-corrected chi connectivity index (χ1v) is 11.6. The maximum absolute atomic E-state index is 13.0. The van der Waals surface area contributed by atoms with E-state index in [0.29, 0.717) is 23.9 Å². The van der Waals surface area contributed by atoms with E-state index < -0.39 is 35.5 Å². The van der Waals surface area contributed by atoms with Gasteiger partial charge in [0.25, 0.3) is 5.91 Å². The van der Waals surface area contributed by atoms with Gasteiger partial charge in [-0.3, -0.25) is 19.8 Å². The van der Waals surface area contributed by atoms with Crippen LogP contribution in [0.5, 0.6) is 0 Å². The predicted molar refractivity (Wildman–Crippen MR) is 131 cm³/mol. The maximum Gasteiger partial charge on any atom is 0.271 e. The minimum atomic E-state index is -1.11. The van der Waals surface area contributed by atoms with Crippen LogP contribution in [0.4, 0.5) is 0 Å². The SMILES string of the molecule is CC(C)(O)CC[C@H](C[C@H](O)[C@H](Cc1ccccc1)NC(=O)c1cnc2ccccc2n1)C(=O)NO. The van der Waals surface area contributed by atoms with Crippen molar-refractivity contribution in [2.24, 2.45) is 5.92 Å². The van der Waals surface area contributed by atoms with Crippen molar-refractivity contribution >= 4 is 22.8 Å². The number of hydroxylamine groups is 1. The van der Waals surface area contributed by atoms with Crippen molar-refractivity contribution in [1.29, 1.82) is 0 Å². The molecule has 0 bridgehead atoms. The molecule has 1 heterocycles. The normalized spacial score (nSPS) is 14.2. The summed E-state index contributed by atoms with van der Waals surface area (Å²) in [6, 6.07) is 15.8. The number of para-hydroxylation sites is 2. The number of benzene rings is 2. The summed E-state index contributed by atoms with van der Waals surface area (Å²) in [6.07, 6.45) is 1.10. The molecule has 0 aliphatic carbocycles. The van der Waals surface area contributed by atoms with Crippen molar-refractivity contribution in [2.45, 2.75) is 57.3 Å². The van der Waals surface area contributed by atoms with E-state index in [4.69, 9.17) is 0 Å². The van der Waals surface area contributed by atoms with E-state index in [1.807, 2.05) is 36.4 Å². The number of aliphatic hydroxyl groups is 2. The third-order valence-corrected chi connectivity index (χ3v) is 5.87. The molecule has 0 radical (unpaired) electrons. The Hall–Kier alpha value is -3.40. The van der Waals surface area contributed by atoms with Gasteiger partial charge in [0.1, 0.15) is 5.69 Å². The van der Waals surface area contributed by atoms with Gasteiger partial charge < -0.3 is 15.5 Å². The minimum Gasteiger partial charge on any atom is -0.391 e.